The third-order valence-electron chi connectivity index (χ3n) is 3.85. The van der Waals surface area contributed by atoms with E-state index in [-0.39, 0.29) is 24.4 Å². The number of anilines is 1. The van der Waals surface area contributed by atoms with E-state index in [0.29, 0.717) is 16.1 Å². The maximum Gasteiger partial charge on any atom is 0.172 e. The summed E-state index contributed by atoms with van der Waals surface area (Å²) in [5, 5.41) is 0.492. The van der Waals surface area contributed by atoms with Gasteiger partial charge in [0, 0.05) is 24.7 Å². The molecule has 1 aromatic heterocycles. The van der Waals surface area contributed by atoms with Crippen molar-refractivity contribution in [1.29, 1.82) is 0 Å². The van der Waals surface area contributed by atoms with Crippen LogP contribution in [0.2, 0.25) is 5.02 Å². The lowest BCUT2D eigenvalue weighted by Gasteiger charge is -2.33. The van der Waals surface area contributed by atoms with Gasteiger partial charge in [-0.05, 0) is 25.1 Å². The van der Waals surface area contributed by atoms with E-state index in [0.717, 1.165) is 0 Å². The van der Waals surface area contributed by atoms with Crippen LogP contribution in [0.3, 0.4) is 0 Å². The molecule has 0 bridgehead atoms. The molecule has 2 heterocycles. The molecule has 2 aromatic rings. The monoisotopic (exact) mass is 328 g/mol. The lowest BCUT2D eigenvalue weighted by atomic mass is 10.1. The summed E-state index contributed by atoms with van der Waals surface area (Å²) in [5.41, 5.74) is 0.583. The topological polar surface area (TPSA) is 50.3 Å². The fraction of sp³-hybridized carbons (Fsp3) is 0.357. The Morgan fingerprint density at radius 1 is 1.38 bits per heavy atom. The number of halogens is 2. The number of benzene rings is 1. The molecule has 112 valence electrons. The molecule has 1 aliphatic rings. The van der Waals surface area contributed by atoms with Crippen molar-refractivity contribution in [2.45, 2.75) is 12.2 Å². The predicted molar refractivity (Wildman–Crippen MR) is 82.2 cm³/mol. The first-order valence-electron chi connectivity index (χ1n) is 6.59. The molecule has 0 N–H and O–H groups in total. The van der Waals surface area contributed by atoms with Crippen molar-refractivity contribution in [3.8, 4) is 0 Å². The maximum absolute atomic E-state index is 14.6. The molecule has 1 atom stereocenters. The molecular formula is C14H14ClFN2O2S. The molecule has 0 radical (unpaired) electrons. The zero-order valence-corrected chi connectivity index (χ0v) is 13.0. The molecule has 7 heteroatoms. The first-order chi connectivity index (χ1) is 9.90. The van der Waals surface area contributed by atoms with Crippen LogP contribution in [0.15, 0.2) is 24.4 Å². The van der Waals surface area contributed by atoms with Gasteiger partial charge in [-0.2, -0.15) is 0 Å². The summed E-state index contributed by atoms with van der Waals surface area (Å²) in [6, 6.07) is 4.96. The minimum absolute atomic E-state index is 0.0363. The van der Waals surface area contributed by atoms with Crippen LogP contribution in [0.25, 0.3) is 10.9 Å². The van der Waals surface area contributed by atoms with E-state index in [1.807, 2.05) is 0 Å². The highest BCUT2D eigenvalue weighted by atomic mass is 35.5. The fourth-order valence-corrected chi connectivity index (χ4v) is 4.05. The molecule has 1 aliphatic heterocycles. The average molecular weight is 329 g/mol. The second-order valence-electron chi connectivity index (χ2n) is 5.21. The van der Waals surface area contributed by atoms with Crippen LogP contribution >= 0.6 is 11.6 Å². The summed E-state index contributed by atoms with van der Waals surface area (Å²) in [5.74, 6) is -0.421. The highest BCUT2D eigenvalue weighted by Gasteiger charge is 2.30. The molecule has 1 unspecified atom stereocenters. The highest BCUT2D eigenvalue weighted by molar-refractivity contribution is 7.92. The number of pyridine rings is 1. The van der Waals surface area contributed by atoms with Gasteiger partial charge in [0.05, 0.1) is 21.7 Å². The Bertz CT molecular complexity index is 810. The zero-order chi connectivity index (χ0) is 15.2. The molecule has 1 saturated heterocycles. The Balaban J connectivity index is 2.04. The normalized spacial score (nSPS) is 21.7. The van der Waals surface area contributed by atoms with E-state index in [1.54, 1.807) is 30.0 Å². The molecule has 0 amide bonds. The standard InChI is InChI=1S/C14H14ClFN2O2S/c1-9-8-18(6-7-21(9,19)20)12-3-2-10-11(15)4-5-17-14(10)13(12)16/h2-5,9H,6-8H2,1H3. The molecular weight excluding hydrogens is 315 g/mol. The number of sulfone groups is 1. The second kappa shape index (κ2) is 5.10. The fourth-order valence-electron chi connectivity index (χ4n) is 2.56. The Kier molecular flexibility index (Phi) is 3.53. The third-order valence-corrected chi connectivity index (χ3v) is 6.31. The lowest BCUT2D eigenvalue weighted by molar-refractivity contribution is 0.565. The zero-order valence-electron chi connectivity index (χ0n) is 11.4. The van der Waals surface area contributed by atoms with Gasteiger partial charge < -0.3 is 4.90 Å². The van der Waals surface area contributed by atoms with Crippen LogP contribution in [0.4, 0.5) is 10.1 Å². The van der Waals surface area contributed by atoms with Crippen molar-refractivity contribution < 1.29 is 12.8 Å². The van der Waals surface area contributed by atoms with E-state index in [4.69, 9.17) is 11.6 Å². The van der Waals surface area contributed by atoms with E-state index in [1.165, 1.54) is 6.20 Å². The maximum atomic E-state index is 14.6. The van der Waals surface area contributed by atoms with E-state index in [9.17, 15) is 12.8 Å². The predicted octanol–water partition coefficient (Wildman–Crippen LogP) is 2.65. The summed E-state index contributed by atoms with van der Waals surface area (Å²) in [7, 11) is -3.07. The first kappa shape index (κ1) is 14.5. The number of hydrogen-bond donors (Lipinski definition) is 0. The molecule has 4 nitrogen and oxygen atoms in total. The molecule has 21 heavy (non-hydrogen) atoms. The number of nitrogens with zero attached hydrogens (tertiary/aromatic N) is 2. The van der Waals surface area contributed by atoms with Crippen molar-refractivity contribution in [3.63, 3.8) is 0 Å². The van der Waals surface area contributed by atoms with Gasteiger partial charge in [-0.3, -0.25) is 4.98 Å². The van der Waals surface area contributed by atoms with E-state index >= 15 is 0 Å². The van der Waals surface area contributed by atoms with Crippen molar-refractivity contribution >= 4 is 38.0 Å². The molecule has 1 fully saturated rings. The van der Waals surface area contributed by atoms with Gasteiger partial charge >= 0.3 is 0 Å². The van der Waals surface area contributed by atoms with Gasteiger partial charge in [0.25, 0.3) is 0 Å². The Morgan fingerprint density at radius 3 is 2.86 bits per heavy atom. The van der Waals surface area contributed by atoms with E-state index < -0.39 is 20.9 Å². The Labute approximate surface area is 127 Å². The van der Waals surface area contributed by atoms with Gasteiger partial charge in [-0.1, -0.05) is 11.6 Å². The van der Waals surface area contributed by atoms with E-state index in [2.05, 4.69) is 4.98 Å². The van der Waals surface area contributed by atoms with Crippen LogP contribution in [0.1, 0.15) is 6.92 Å². The highest BCUT2D eigenvalue weighted by Crippen LogP contribution is 2.31. The van der Waals surface area contributed by atoms with Crippen LogP contribution in [-0.2, 0) is 9.84 Å². The lowest BCUT2D eigenvalue weighted by Crippen LogP contribution is -2.45. The Morgan fingerprint density at radius 2 is 2.14 bits per heavy atom. The van der Waals surface area contributed by atoms with Crippen LogP contribution in [0.5, 0.6) is 0 Å². The van der Waals surface area contributed by atoms with Crippen LogP contribution in [-0.4, -0.2) is 37.5 Å². The van der Waals surface area contributed by atoms with Crippen LogP contribution in [0, 0.1) is 5.82 Å². The summed E-state index contributed by atoms with van der Waals surface area (Å²) in [6.07, 6.45) is 1.46. The summed E-state index contributed by atoms with van der Waals surface area (Å²) < 4.78 is 38.1. The SMILES string of the molecule is CC1CN(c2ccc3c(Cl)ccnc3c2F)CCS1(=O)=O. The summed E-state index contributed by atoms with van der Waals surface area (Å²) in [4.78, 5) is 5.79. The van der Waals surface area contributed by atoms with Crippen molar-refractivity contribution in [2.24, 2.45) is 0 Å². The molecule has 0 aliphatic carbocycles. The minimum Gasteiger partial charge on any atom is -0.367 e. The molecule has 3 rings (SSSR count). The minimum atomic E-state index is -3.07. The number of hydrogen-bond acceptors (Lipinski definition) is 4. The summed E-state index contributed by atoms with van der Waals surface area (Å²) in [6.45, 7) is 2.22. The molecule has 1 aromatic carbocycles. The summed E-state index contributed by atoms with van der Waals surface area (Å²) >= 11 is 6.03. The number of aromatic nitrogens is 1. The smallest absolute Gasteiger partial charge is 0.172 e. The van der Waals surface area contributed by atoms with Gasteiger partial charge in [0.15, 0.2) is 15.7 Å². The Hall–Kier alpha value is -1.40. The van der Waals surface area contributed by atoms with Gasteiger partial charge in [0.1, 0.15) is 5.52 Å². The first-order valence-corrected chi connectivity index (χ1v) is 8.69. The third kappa shape index (κ3) is 2.46. The second-order valence-corrected chi connectivity index (χ2v) is 8.16. The van der Waals surface area contributed by atoms with Crippen molar-refractivity contribution in [3.05, 3.63) is 35.2 Å². The average Bonchev–Trinajstić information content (AvgIpc) is 2.44. The van der Waals surface area contributed by atoms with Crippen LogP contribution < -0.4 is 4.90 Å². The largest absolute Gasteiger partial charge is 0.367 e. The van der Waals surface area contributed by atoms with Crippen molar-refractivity contribution in [1.82, 2.24) is 4.98 Å². The molecule has 0 saturated carbocycles. The molecule has 0 spiro atoms. The van der Waals surface area contributed by atoms with Gasteiger partial charge in [-0.15, -0.1) is 0 Å². The number of rotatable bonds is 1. The number of fused-ring (bicyclic) bond motifs is 1. The quantitative estimate of drug-likeness (QED) is 0.807. The van der Waals surface area contributed by atoms with Gasteiger partial charge in [-0.25, -0.2) is 12.8 Å². The van der Waals surface area contributed by atoms with Crippen molar-refractivity contribution in [2.75, 3.05) is 23.7 Å². The van der Waals surface area contributed by atoms with Gasteiger partial charge in [0.2, 0.25) is 0 Å².